The number of nitrogens with zero attached hydrogens (tertiary/aromatic N) is 3. The van der Waals surface area contributed by atoms with E-state index in [9.17, 15) is 9.59 Å². The second kappa shape index (κ2) is 8.02. The van der Waals surface area contributed by atoms with Gasteiger partial charge in [-0.15, -0.1) is 0 Å². The number of rotatable bonds is 5. The summed E-state index contributed by atoms with van der Waals surface area (Å²) in [5.74, 6) is 1.31. The Balaban J connectivity index is 1.47. The van der Waals surface area contributed by atoms with Crippen LogP contribution in [0.1, 0.15) is 23.1 Å². The zero-order valence-corrected chi connectivity index (χ0v) is 17.3. The lowest BCUT2D eigenvalue weighted by Gasteiger charge is -2.16. The second-order valence-electron chi connectivity index (χ2n) is 7.50. The Kier molecular flexibility index (Phi) is 5.27. The average Bonchev–Trinajstić information content (AvgIpc) is 3.06. The van der Waals surface area contributed by atoms with Gasteiger partial charge in [0.25, 0.3) is 0 Å². The number of likely N-dealkylation sites (N-methyl/N-ethyl adjacent to an activating group) is 1. The summed E-state index contributed by atoms with van der Waals surface area (Å²) >= 11 is 0. The van der Waals surface area contributed by atoms with Crippen LogP contribution in [0.3, 0.4) is 0 Å². The normalized spacial score (nSPS) is 13.4. The number of pyridine rings is 1. The van der Waals surface area contributed by atoms with Gasteiger partial charge in [0.15, 0.2) is 0 Å². The summed E-state index contributed by atoms with van der Waals surface area (Å²) in [5, 5.41) is 3.86. The molecule has 7 heteroatoms. The number of carbonyl (C=O) groups excluding carboxylic acids is 2. The van der Waals surface area contributed by atoms with Crippen LogP contribution in [0.2, 0.25) is 0 Å². The zero-order valence-electron chi connectivity index (χ0n) is 17.3. The van der Waals surface area contributed by atoms with Crippen LogP contribution in [0.5, 0.6) is 5.75 Å². The summed E-state index contributed by atoms with van der Waals surface area (Å²) in [6, 6.07) is 7.91. The van der Waals surface area contributed by atoms with Gasteiger partial charge in [-0.05, 0) is 47.4 Å². The minimum Gasteiger partial charge on any atom is -0.497 e. The van der Waals surface area contributed by atoms with Gasteiger partial charge in [0.05, 0.1) is 12.6 Å². The third-order valence-electron chi connectivity index (χ3n) is 5.35. The minimum absolute atomic E-state index is 0.0121. The molecule has 0 fully saturated rings. The molecule has 0 aliphatic carbocycles. The van der Waals surface area contributed by atoms with Crippen LogP contribution in [0.15, 0.2) is 42.7 Å². The first kappa shape index (κ1) is 19.7. The first-order valence-electron chi connectivity index (χ1n) is 9.78. The fourth-order valence-corrected chi connectivity index (χ4v) is 3.69. The summed E-state index contributed by atoms with van der Waals surface area (Å²) < 4.78 is 7.35. The minimum atomic E-state index is -0.0912. The van der Waals surface area contributed by atoms with Gasteiger partial charge in [0.2, 0.25) is 11.8 Å². The Morgan fingerprint density at radius 1 is 1.33 bits per heavy atom. The number of amides is 2. The summed E-state index contributed by atoms with van der Waals surface area (Å²) in [7, 11) is 5.42. The molecule has 1 aliphatic rings. The first-order valence-corrected chi connectivity index (χ1v) is 9.78. The quantitative estimate of drug-likeness (QED) is 0.663. The van der Waals surface area contributed by atoms with Crippen LogP contribution < -0.4 is 10.1 Å². The van der Waals surface area contributed by atoms with E-state index in [0.717, 1.165) is 33.3 Å². The molecular weight excluding hydrogens is 380 g/mol. The van der Waals surface area contributed by atoms with Crippen LogP contribution in [0.25, 0.3) is 17.0 Å². The second-order valence-corrected chi connectivity index (χ2v) is 7.50. The molecule has 1 N–H and O–H groups in total. The largest absolute Gasteiger partial charge is 0.497 e. The number of ether oxygens (including phenoxy) is 1. The maximum Gasteiger partial charge on any atom is 0.246 e. The molecule has 4 rings (SSSR count). The molecule has 0 bridgehead atoms. The number of fused-ring (bicyclic) bond motifs is 2. The van der Waals surface area contributed by atoms with Gasteiger partial charge in [0.1, 0.15) is 11.6 Å². The molecule has 2 aromatic heterocycles. The van der Waals surface area contributed by atoms with Crippen molar-refractivity contribution in [3.8, 4) is 5.75 Å². The first-order chi connectivity index (χ1) is 14.4. The van der Waals surface area contributed by atoms with Crippen LogP contribution in [-0.4, -0.2) is 40.4 Å². The van der Waals surface area contributed by atoms with Gasteiger partial charge < -0.3 is 19.5 Å². The molecule has 154 valence electrons. The summed E-state index contributed by atoms with van der Waals surface area (Å²) in [6.45, 7) is 0.501. The number of aromatic nitrogens is 2. The lowest BCUT2D eigenvalue weighted by molar-refractivity contribution is -0.125. The Bertz CT molecular complexity index is 1160. The van der Waals surface area contributed by atoms with Crippen molar-refractivity contribution in [2.45, 2.75) is 19.4 Å². The molecule has 2 amide bonds. The Morgan fingerprint density at radius 3 is 2.97 bits per heavy atom. The van der Waals surface area contributed by atoms with E-state index in [0.29, 0.717) is 25.2 Å². The van der Waals surface area contributed by atoms with E-state index < -0.39 is 0 Å². The van der Waals surface area contributed by atoms with Crippen molar-refractivity contribution in [1.29, 1.82) is 0 Å². The van der Waals surface area contributed by atoms with Crippen LogP contribution in [0, 0.1) is 0 Å². The highest BCUT2D eigenvalue weighted by atomic mass is 16.5. The topological polar surface area (TPSA) is 76.5 Å². The lowest BCUT2D eigenvalue weighted by Crippen LogP contribution is -2.24. The number of hydrogen-bond donors (Lipinski definition) is 1. The molecule has 3 aromatic rings. The average molecular weight is 404 g/mol. The van der Waals surface area contributed by atoms with Crippen molar-refractivity contribution >= 4 is 34.6 Å². The van der Waals surface area contributed by atoms with Gasteiger partial charge in [0, 0.05) is 57.0 Å². The molecule has 7 nitrogen and oxygen atoms in total. The van der Waals surface area contributed by atoms with Crippen molar-refractivity contribution < 1.29 is 14.3 Å². The van der Waals surface area contributed by atoms with Crippen LogP contribution >= 0.6 is 0 Å². The van der Waals surface area contributed by atoms with Crippen molar-refractivity contribution in [2.24, 2.45) is 7.05 Å². The lowest BCUT2D eigenvalue weighted by atomic mass is 10.0. The summed E-state index contributed by atoms with van der Waals surface area (Å²) in [5.41, 5.74) is 3.96. The molecule has 3 heterocycles. The fourth-order valence-electron chi connectivity index (χ4n) is 3.69. The van der Waals surface area contributed by atoms with E-state index in [1.807, 2.05) is 42.1 Å². The molecule has 1 aromatic carbocycles. The van der Waals surface area contributed by atoms with Gasteiger partial charge >= 0.3 is 0 Å². The van der Waals surface area contributed by atoms with E-state index in [-0.39, 0.29) is 11.8 Å². The number of benzene rings is 1. The van der Waals surface area contributed by atoms with Gasteiger partial charge in [-0.2, -0.15) is 0 Å². The van der Waals surface area contributed by atoms with E-state index in [1.54, 1.807) is 37.4 Å². The monoisotopic (exact) mass is 404 g/mol. The molecule has 0 saturated carbocycles. The van der Waals surface area contributed by atoms with Crippen molar-refractivity contribution in [2.75, 3.05) is 19.5 Å². The molecule has 0 spiro atoms. The highest BCUT2D eigenvalue weighted by Crippen LogP contribution is 2.26. The smallest absolute Gasteiger partial charge is 0.246 e. The molecule has 1 aliphatic heterocycles. The van der Waals surface area contributed by atoms with Gasteiger partial charge in [-0.3, -0.25) is 9.59 Å². The predicted octanol–water partition coefficient (Wildman–Crippen LogP) is 3.14. The van der Waals surface area contributed by atoms with E-state index in [1.165, 1.54) is 0 Å². The SMILES string of the molecule is COc1ccc2c(CN(C)C(=O)/C=C/c3cnc4c(c3)CCC(=O)N4)cn(C)c2c1. The number of hydrogen-bond acceptors (Lipinski definition) is 4. The number of carbonyl (C=O) groups is 2. The third kappa shape index (κ3) is 3.91. The number of methoxy groups -OCH3 is 1. The molecule has 0 saturated heterocycles. The van der Waals surface area contributed by atoms with Gasteiger partial charge in [-0.1, -0.05) is 0 Å². The molecule has 0 unspecified atom stereocenters. The van der Waals surface area contributed by atoms with Crippen LogP contribution in [0.4, 0.5) is 5.82 Å². The van der Waals surface area contributed by atoms with E-state index >= 15 is 0 Å². The van der Waals surface area contributed by atoms with E-state index in [2.05, 4.69) is 10.3 Å². The molecule has 0 atom stereocenters. The van der Waals surface area contributed by atoms with E-state index in [4.69, 9.17) is 4.74 Å². The summed E-state index contributed by atoms with van der Waals surface area (Å²) in [6.07, 6.45) is 8.14. The Labute approximate surface area is 175 Å². The highest BCUT2D eigenvalue weighted by Gasteiger charge is 2.16. The maximum atomic E-state index is 12.6. The molecular formula is C23H24N4O3. The summed E-state index contributed by atoms with van der Waals surface area (Å²) in [4.78, 5) is 30.0. The number of aryl methyl sites for hydroxylation is 2. The van der Waals surface area contributed by atoms with Crippen molar-refractivity contribution in [3.05, 3.63) is 59.4 Å². The number of nitrogens with one attached hydrogen (secondary N) is 1. The standard InChI is InChI=1S/C23H24N4O3/c1-26-13-17(19-7-6-18(30-3)11-20(19)26)14-27(2)22(29)9-4-15-10-16-5-8-21(28)25-23(16)24-12-15/h4,6-7,9-13H,5,8,14H2,1-3H3,(H,24,25,28)/b9-4+. The predicted molar refractivity (Wildman–Crippen MR) is 116 cm³/mol. The Morgan fingerprint density at radius 2 is 2.17 bits per heavy atom. The fraction of sp³-hybridized carbons (Fsp3) is 0.261. The maximum absolute atomic E-state index is 12.6. The number of anilines is 1. The highest BCUT2D eigenvalue weighted by molar-refractivity contribution is 5.94. The molecule has 30 heavy (non-hydrogen) atoms. The van der Waals surface area contributed by atoms with Crippen molar-refractivity contribution in [3.63, 3.8) is 0 Å². The Hall–Kier alpha value is -3.61. The third-order valence-corrected chi connectivity index (χ3v) is 5.35. The van der Waals surface area contributed by atoms with Gasteiger partial charge in [-0.25, -0.2) is 4.98 Å². The zero-order chi connectivity index (χ0) is 21.3. The van der Waals surface area contributed by atoms with Crippen molar-refractivity contribution in [1.82, 2.24) is 14.5 Å². The molecule has 0 radical (unpaired) electrons. The van der Waals surface area contributed by atoms with Crippen LogP contribution in [-0.2, 0) is 29.6 Å².